The third kappa shape index (κ3) is 6.66. The summed E-state index contributed by atoms with van der Waals surface area (Å²) in [6.45, 7) is 4.87. The highest BCUT2D eigenvalue weighted by Crippen LogP contribution is 2.38. The van der Waals surface area contributed by atoms with Crippen LogP contribution in [0.25, 0.3) is 11.1 Å². The molecule has 2 atom stereocenters. The van der Waals surface area contributed by atoms with Gasteiger partial charge in [-0.25, -0.2) is 4.79 Å². The van der Waals surface area contributed by atoms with E-state index in [4.69, 9.17) is 5.73 Å². The van der Waals surface area contributed by atoms with Crippen LogP contribution < -0.4 is 16.0 Å². The summed E-state index contributed by atoms with van der Waals surface area (Å²) in [4.78, 5) is 29.0. The highest BCUT2D eigenvalue weighted by molar-refractivity contribution is 5.78. The molecule has 0 spiro atoms. The Hall–Kier alpha value is -4.01. The van der Waals surface area contributed by atoms with Gasteiger partial charge >= 0.3 is 12.2 Å². The van der Waals surface area contributed by atoms with E-state index in [1.54, 1.807) is 4.90 Å². The van der Waals surface area contributed by atoms with Gasteiger partial charge < -0.3 is 20.9 Å². The number of rotatable bonds is 7. The van der Waals surface area contributed by atoms with Gasteiger partial charge in [-0.3, -0.25) is 4.79 Å². The van der Waals surface area contributed by atoms with Gasteiger partial charge in [0.25, 0.3) is 0 Å². The Morgan fingerprint density at radius 3 is 2.41 bits per heavy atom. The lowest BCUT2D eigenvalue weighted by atomic mass is 9.89. The highest BCUT2D eigenvalue weighted by atomic mass is 19.4. The van der Waals surface area contributed by atoms with Gasteiger partial charge in [-0.15, -0.1) is 0 Å². The molecule has 0 saturated carbocycles. The number of hydrogen-bond donors (Lipinski definition) is 2. The number of hydrogen-bond acceptors (Lipinski definition) is 3. The van der Waals surface area contributed by atoms with Crippen LogP contribution in [-0.2, 0) is 23.9 Å². The zero-order valence-electron chi connectivity index (χ0n) is 23.1. The van der Waals surface area contributed by atoms with Gasteiger partial charge in [0.15, 0.2) is 0 Å². The van der Waals surface area contributed by atoms with E-state index in [-0.39, 0.29) is 18.5 Å². The fourth-order valence-corrected chi connectivity index (χ4v) is 5.84. The van der Waals surface area contributed by atoms with Crippen LogP contribution in [0.2, 0.25) is 0 Å². The van der Waals surface area contributed by atoms with E-state index in [1.165, 1.54) is 12.1 Å². The van der Waals surface area contributed by atoms with Crippen LogP contribution in [0.15, 0.2) is 66.7 Å². The Morgan fingerprint density at radius 1 is 1.05 bits per heavy atom. The van der Waals surface area contributed by atoms with Crippen molar-refractivity contribution in [3.8, 4) is 11.1 Å². The van der Waals surface area contributed by atoms with Gasteiger partial charge in [0.05, 0.1) is 11.6 Å². The smallest absolute Gasteiger partial charge is 0.371 e. The second-order valence-corrected chi connectivity index (χ2v) is 11.1. The minimum atomic E-state index is -4.39. The number of carbonyl (C=O) groups is 2. The molecule has 9 heteroatoms. The maximum atomic E-state index is 13.5. The first-order chi connectivity index (χ1) is 19.6. The van der Waals surface area contributed by atoms with E-state index in [9.17, 15) is 22.8 Å². The van der Waals surface area contributed by atoms with Crippen molar-refractivity contribution in [3.05, 3.63) is 89.0 Å². The quantitative estimate of drug-likeness (QED) is 0.354. The average Bonchev–Trinajstić information content (AvgIpc) is 3.40. The predicted octanol–water partition coefficient (Wildman–Crippen LogP) is 6.29. The van der Waals surface area contributed by atoms with Crippen molar-refractivity contribution in [1.29, 1.82) is 0 Å². The molecule has 3 amide bonds. The van der Waals surface area contributed by atoms with Gasteiger partial charge in [0, 0.05) is 38.3 Å². The Morgan fingerprint density at radius 2 is 1.78 bits per heavy atom. The van der Waals surface area contributed by atoms with Crippen LogP contribution in [0.1, 0.15) is 54.5 Å². The number of nitrogens with zero attached hydrogens (tertiary/aromatic N) is 2. The Kier molecular flexibility index (Phi) is 8.24. The standard InChI is InChI=1S/C32H35F3N4O2/c1-21-13-15-38(19-21)26-17-24-20-39(31(41)37-29(11-12-30(36)40)23-5-3-2-4-6-23)16-14-27(24)28(18-26)22-7-9-25(10-8-22)32(33,34)35/h2-10,17-18,21,29H,11-16,19-20H2,1H3,(H2,36,40)(H,37,41)/t21?,29-/m0/s1. The summed E-state index contributed by atoms with van der Waals surface area (Å²) in [7, 11) is 0. The van der Waals surface area contributed by atoms with Crippen LogP contribution in [0, 0.1) is 5.92 Å². The van der Waals surface area contributed by atoms with Crippen LogP contribution in [0.3, 0.4) is 0 Å². The van der Waals surface area contributed by atoms with E-state index in [1.807, 2.05) is 30.3 Å². The molecule has 2 aliphatic heterocycles. The number of nitrogens with one attached hydrogen (secondary N) is 1. The largest absolute Gasteiger partial charge is 0.416 e. The molecule has 2 aliphatic rings. The molecule has 6 nitrogen and oxygen atoms in total. The molecule has 1 unspecified atom stereocenters. The molecule has 1 saturated heterocycles. The number of urea groups is 1. The second-order valence-electron chi connectivity index (χ2n) is 11.1. The fourth-order valence-electron chi connectivity index (χ4n) is 5.84. The van der Waals surface area contributed by atoms with Gasteiger partial charge in [-0.1, -0.05) is 49.4 Å². The van der Waals surface area contributed by atoms with Crippen molar-refractivity contribution in [2.75, 3.05) is 24.5 Å². The molecular formula is C32H35F3N4O2. The van der Waals surface area contributed by atoms with Gasteiger partial charge in [-0.2, -0.15) is 13.2 Å². The number of primary amides is 1. The van der Waals surface area contributed by atoms with E-state index in [0.29, 0.717) is 31.8 Å². The molecule has 5 rings (SSSR count). The molecule has 1 fully saturated rings. The van der Waals surface area contributed by atoms with Crippen molar-refractivity contribution in [2.24, 2.45) is 11.7 Å². The number of alkyl halides is 3. The maximum absolute atomic E-state index is 13.5. The van der Waals surface area contributed by atoms with Crippen LogP contribution in [0.5, 0.6) is 0 Å². The summed E-state index contributed by atoms with van der Waals surface area (Å²) in [6, 6.07) is 18.5. The summed E-state index contributed by atoms with van der Waals surface area (Å²) >= 11 is 0. The minimum absolute atomic E-state index is 0.150. The average molecular weight is 565 g/mol. The van der Waals surface area contributed by atoms with Crippen molar-refractivity contribution >= 4 is 17.6 Å². The first-order valence-electron chi connectivity index (χ1n) is 14.1. The summed E-state index contributed by atoms with van der Waals surface area (Å²) in [5.41, 5.74) is 10.3. The maximum Gasteiger partial charge on any atom is 0.416 e. The number of fused-ring (bicyclic) bond motifs is 1. The normalized spacial score (nSPS) is 17.7. The lowest BCUT2D eigenvalue weighted by molar-refractivity contribution is -0.137. The molecule has 3 aromatic carbocycles. The number of carbonyl (C=O) groups excluding carboxylic acids is 2. The Labute approximate surface area is 238 Å². The van der Waals surface area contributed by atoms with Gasteiger partial charge in [0.1, 0.15) is 0 Å². The molecule has 0 aliphatic carbocycles. The number of nitrogens with two attached hydrogens (primary N) is 1. The molecule has 41 heavy (non-hydrogen) atoms. The number of halogens is 3. The van der Waals surface area contributed by atoms with Crippen molar-refractivity contribution in [3.63, 3.8) is 0 Å². The summed E-state index contributed by atoms with van der Waals surface area (Å²) in [5, 5.41) is 3.09. The molecule has 0 bridgehead atoms. The Balaban J connectivity index is 1.43. The van der Waals surface area contributed by atoms with Crippen LogP contribution in [0.4, 0.5) is 23.7 Å². The topological polar surface area (TPSA) is 78.7 Å². The van der Waals surface area contributed by atoms with E-state index >= 15 is 0 Å². The SMILES string of the molecule is CC1CCN(c2cc3c(c(-c4ccc(C(F)(F)F)cc4)c2)CCN(C(=O)N[C@@H](CCC(N)=O)c2ccccc2)C3)C1. The van der Waals surface area contributed by atoms with E-state index in [0.717, 1.165) is 65.1 Å². The first-order valence-corrected chi connectivity index (χ1v) is 14.1. The first kappa shape index (κ1) is 28.5. The summed E-state index contributed by atoms with van der Waals surface area (Å²) in [6.07, 6.45) is -2.20. The van der Waals surface area contributed by atoms with Gasteiger partial charge in [-0.05, 0) is 77.3 Å². The third-order valence-corrected chi connectivity index (χ3v) is 8.10. The summed E-state index contributed by atoms with van der Waals surface area (Å²) < 4.78 is 39.7. The van der Waals surface area contributed by atoms with E-state index in [2.05, 4.69) is 29.3 Å². The van der Waals surface area contributed by atoms with Crippen molar-refractivity contribution in [2.45, 2.75) is 51.4 Å². The molecule has 216 valence electrons. The van der Waals surface area contributed by atoms with Crippen molar-refractivity contribution < 1.29 is 22.8 Å². The number of amides is 3. The molecule has 0 aromatic heterocycles. The molecular weight excluding hydrogens is 529 g/mol. The lowest BCUT2D eigenvalue weighted by Crippen LogP contribution is -2.44. The second kappa shape index (κ2) is 11.8. The summed E-state index contributed by atoms with van der Waals surface area (Å²) in [5.74, 6) is 0.129. The molecule has 3 N–H and O–H groups in total. The highest BCUT2D eigenvalue weighted by Gasteiger charge is 2.31. The zero-order valence-corrected chi connectivity index (χ0v) is 23.1. The monoisotopic (exact) mass is 564 g/mol. The predicted molar refractivity (Wildman–Crippen MR) is 153 cm³/mol. The fraction of sp³-hybridized carbons (Fsp3) is 0.375. The Bertz CT molecular complexity index is 1390. The number of benzene rings is 3. The zero-order chi connectivity index (χ0) is 29.1. The van der Waals surface area contributed by atoms with Gasteiger partial charge in [0.2, 0.25) is 5.91 Å². The van der Waals surface area contributed by atoms with Crippen LogP contribution in [-0.4, -0.2) is 36.5 Å². The third-order valence-electron chi connectivity index (χ3n) is 8.10. The molecule has 0 radical (unpaired) electrons. The lowest BCUT2D eigenvalue weighted by Gasteiger charge is -2.33. The molecule has 2 heterocycles. The number of anilines is 1. The van der Waals surface area contributed by atoms with E-state index < -0.39 is 17.6 Å². The minimum Gasteiger partial charge on any atom is -0.371 e. The van der Waals surface area contributed by atoms with Crippen molar-refractivity contribution in [1.82, 2.24) is 10.2 Å². The van der Waals surface area contributed by atoms with Crippen LogP contribution >= 0.6 is 0 Å². The molecule has 3 aromatic rings.